The zero-order chi connectivity index (χ0) is 18.6. The second-order valence-corrected chi connectivity index (χ2v) is 9.84. The molecule has 2 spiro atoms. The van der Waals surface area contributed by atoms with Gasteiger partial charge in [-0.05, 0) is 30.8 Å². The van der Waals surface area contributed by atoms with Gasteiger partial charge in [0.05, 0.1) is 6.10 Å². The first-order valence-electron chi connectivity index (χ1n) is 10.1. The molecule has 7 rings (SSSR count). The average molecular weight is 376 g/mol. The summed E-state index contributed by atoms with van der Waals surface area (Å²) in [5, 5.41) is 21.2. The van der Waals surface area contributed by atoms with E-state index in [-0.39, 0.29) is 48.1 Å². The number of esters is 1. The van der Waals surface area contributed by atoms with Crippen LogP contribution >= 0.6 is 0 Å². The summed E-state index contributed by atoms with van der Waals surface area (Å²) < 4.78 is 24.2. The second-order valence-electron chi connectivity index (χ2n) is 9.84. The molecule has 7 nitrogen and oxygen atoms in total. The number of hydrogen-bond acceptors (Lipinski definition) is 7. The van der Waals surface area contributed by atoms with Crippen molar-refractivity contribution >= 4 is 5.97 Å². The molecule has 0 aromatic carbocycles. The first-order chi connectivity index (χ1) is 12.9. The highest BCUT2D eigenvalue weighted by atomic mass is 16.7. The molecular formula is C20H24O7. The van der Waals surface area contributed by atoms with Crippen molar-refractivity contribution in [2.45, 2.75) is 74.3 Å². The molecule has 10 atom stereocenters. The summed E-state index contributed by atoms with van der Waals surface area (Å²) in [4.78, 5) is 12.1. The van der Waals surface area contributed by atoms with Crippen molar-refractivity contribution in [1.82, 2.24) is 0 Å². The molecule has 0 aromatic heterocycles. The van der Waals surface area contributed by atoms with Gasteiger partial charge in [0.1, 0.15) is 36.1 Å². The summed E-state index contributed by atoms with van der Waals surface area (Å²) in [5.74, 6) is -0.172. The van der Waals surface area contributed by atoms with Crippen LogP contribution in [0, 0.1) is 17.3 Å². The van der Waals surface area contributed by atoms with Crippen LogP contribution in [-0.4, -0.2) is 70.6 Å². The normalized spacial score (nSPS) is 62.2. The van der Waals surface area contributed by atoms with Crippen LogP contribution in [0.5, 0.6) is 0 Å². The van der Waals surface area contributed by atoms with Crippen molar-refractivity contribution in [2.24, 2.45) is 17.3 Å². The Balaban J connectivity index is 1.36. The number of aliphatic hydroxyl groups is 2. The Hall–Kier alpha value is -0.990. The van der Waals surface area contributed by atoms with Crippen molar-refractivity contribution in [3.05, 3.63) is 11.1 Å². The number of ether oxygens (including phenoxy) is 4. The zero-order valence-corrected chi connectivity index (χ0v) is 15.4. The van der Waals surface area contributed by atoms with Crippen molar-refractivity contribution in [3.8, 4) is 0 Å². The number of cyclic esters (lactones) is 1. The zero-order valence-electron chi connectivity index (χ0n) is 15.4. The minimum Gasteiger partial charge on any atom is -0.458 e. The predicted molar refractivity (Wildman–Crippen MR) is 88.5 cm³/mol. The molecule has 7 heteroatoms. The SMILES string of the molecule is C[C@@H](CO)[C@]12OC1[C@@H]1O[C@]13[C@]1(O[C@H]1C[C@H]1C4=C(CC[C@@]13C)C(=O)OC4)[C@@H]2O. The minimum absolute atomic E-state index is 0.0381. The van der Waals surface area contributed by atoms with E-state index in [9.17, 15) is 15.0 Å². The molecule has 4 heterocycles. The lowest BCUT2D eigenvalue weighted by atomic mass is 9.46. The number of aliphatic hydroxyl groups excluding tert-OH is 2. The lowest BCUT2D eigenvalue weighted by Gasteiger charge is -2.53. The number of rotatable bonds is 2. The van der Waals surface area contributed by atoms with E-state index >= 15 is 0 Å². The van der Waals surface area contributed by atoms with Crippen molar-refractivity contribution in [3.63, 3.8) is 0 Å². The Morgan fingerprint density at radius 2 is 2.07 bits per heavy atom. The third kappa shape index (κ3) is 1.30. The van der Waals surface area contributed by atoms with Gasteiger partial charge in [-0.25, -0.2) is 4.79 Å². The number of carbonyl (C=O) groups excluding carboxylic acids is 1. The van der Waals surface area contributed by atoms with Crippen LogP contribution in [0.15, 0.2) is 11.1 Å². The lowest BCUT2D eigenvalue weighted by molar-refractivity contribution is -0.136. The van der Waals surface area contributed by atoms with Crippen LogP contribution in [0.4, 0.5) is 0 Å². The first-order valence-corrected chi connectivity index (χ1v) is 10.1. The molecule has 0 radical (unpaired) electrons. The molecule has 4 aliphatic heterocycles. The Kier molecular flexibility index (Phi) is 2.43. The molecule has 1 unspecified atom stereocenters. The van der Waals surface area contributed by atoms with Gasteiger partial charge in [0, 0.05) is 23.5 Å². The standard InChI is InChI=1S/C20H24O7/c1-8(6-21)18-13(26-18)14-20(27-14)17(2)4-3-9-10(7-24-15(9)22)11(17)5-12-19(20,25-12)16(18)23/h8,11-14,16,21,23H,3-7H2,1-2H3/t8-,11-,12-,13?,14-,16+,17-,18-,19+,20+/m0/s1. The number of epoxide rings is 3. The first kappa shape index (κ1) is 15.9. The van der Waals surface area contributed by atoms with Gasteiger partial charge in [-0.3, -0.25) is 0 Å². The summed E-state index contributed by atoms with van der Waals surface area (Å²) in [6.07, 6.45) is 1.06. The molecule has 2 N–H and O–H groups in total. The van der Waals surface area contributed by atoms with Crippen LogP contribution < -0.4 is 0 Å². The summed E-state index contributed by atoms with van der Waals surface area (Å²) in [7, 11) is 0. The minimum atomic E-state index is -0.810. The Morgan fingerprint density at radius 3 is 2.85 bits per heavy atom. The Morgan fingerprint density at radius 1 is 1.26 bits per heavy atom. The van der Waals surface area contributed by atoms with Crippen LogP contribution in [0.3, 0.4) is 0 Å². The van der Waals surface area contributed by atoms with Gasteiger partial charge in [-0.1, -0.05) is 13.8 Å². The highest BCUT2D eigenvalue weighted by molar-refractivity contribution is 5.92. The maximum atomic E-state index is 12.1. The van der Waals surface area contributed by atoms with Gasteiger partial charge < -0.3 is 29.2 Å². The van der Waals surface area contributed by atoms with Crippen molar-refractivity contribution in [1.29, 1.82) is 0 Å². The van der Waals surface area contributed by atoms with E-state index < -0.39 is 22.9 Å². The molecule has 3 saturated heterocycles. The third-order valence-corrected chi connectivity index (χ3v) is 9.24. The lowest BCUT2D eigenvalue weighted by Crippen LogP contribution is -2.69. The second kappa shape index (κ2) is 4.14. The third-order valence-electron chi connectivity index (χ3n) is 9.24. The fourth-order valence-corrected chi connectivity index (χ4v) is 7.73. The molecule has 146 valence electrons. The number of hydrogen-bond donors (Lipinski definition) is 2. The quantitative estimate of drug-likeness (QED) is 0.519. The van der Waals surface area contributed by atoms with E-state index in [0.717, 1.165) is 24.0 Å². The molecule has 0 aromatic rings. The monoisotopic (exact) mass is 376 g/mol. The van der Waals surface area contributed by atoms with Crippen LogP contribution in [-0.2, 0) is 23.7 Å². The molecule has 27 heavy (non-hydrogen) atoms. The maximum Gasteiger partial charge on any atom is 0.334 e. The van der Waals surface area contributed by atoms with Gasteiger partial charge in [0.15, 0.2) is 5.60 Å². The van der Waals surface area contributed by atoms with Gasteiger partial charge >= 0.3 is 5.97 Å². The fourth-order valence-electron chi connectivity index (χ4n) is 7.73. The summed E-state index contributed by atoms with van der Waals surface area (Å²) in [5.41, 5.74) is -0.338. The highest BCUT2D eigenvalue weighted by Crippen LogP contribution is 2.82. The van der Waals surface area contributed by atoms with Gasteiger partial charge in [0.25, 0.3) is 0 Å². The topological polar surface area (TPSA) is 104 Å². The van der Waals surface area contributed by atoms with E-state index in [1.165, 1.54) is 0 Å². The van der Waals surface area contributed by atoms with Gasteiger partial charge in [0.2, 0.25) is 0 Å². The van der Waals surface area contributed by atoms with Crippen LogP contribution in [0.1, 0.15) is 33.1 Å². The van der Waals surface area contributed by atoms with Gasteiger partial charge in [-0.15, -0.1) is 0 Å². The molecule has 7 aliphatic rings. The van der Waals surface area contributed by atoms with Crippen LogP contribution in [0.2, 0.25) is 0 Å². The average Bonchev–Trinajstić information content (AvgIpc) is 3.54. The highest BCUT2D eigenvalue weighted by Gasteiger charge is 3.00. The fraction of sp³-hybridized carbons (Fsp3) is 0.850. The molecule has 5 fully saturated rings. The van der Waals surface area contributed by atoms with E-state index in [4.69, 9.17) is 18.9 Å². The molecule has 0 bridgehead atoms. The summed E-state index contributed by atoms with van der Waals surface area (Å²) >= 11 is 0. The number of carbonyl (C=O) groups is 1. The van der Waals surface area contributed by atoms with E-state index in [1.807, 2.05) is 6.92 Å². The maximum absolute atomic E-state index is 12.1. The van der Waals surface area contributed by atoms with Crippen molar-refractivity contribution in [2.75, 3.05) is 13.2 Å². The largest absolute Gasteiger partial charge is 0.458 e. The molecule has 2 saturated carbocycles. The van der Waals surface area contributed by atoms with E-state index in [0.29, 0.717) is 13.0 Å². The number of fused-ring (bicyclic) bond motifs is 4. The molecule has 0 amide bonds. The summed E-state index contributed by atoms with van der Waals surface area (Å²) in [6, 6.07) is 0. The molecule has 3 aliphatic carbocycles. The summed E-state index contributed by atoms with van der Waals surface area (Å²) in [6.45, 7) is 4.49. The van der Waals surface area contributed by atoms with E-state index in [1.54, 1.807) is 0 Å². The van der Waals surface area contributed by atoms with Crippen LogP contribution in [0.25, 0.3) is 0 Å². The Bertz CT molecular complexity index is 838. The smallest absolute Gasteiger partial charge is 0.334 e. The van der Waals surface area contributed by atoms with Crippen molar-refractivity contribution < 1.29 is 34.0 Å². The van der Waals surface area contributed by atoms with Gasteiger partial charge in [-0.2, -0.15) is 0 Å². The molecular weight excluding hydrogens is 352 g/mol. The predicted octanol–water partition coefficient (Wildman–Crippen LogP) is 0.0755. The van der Waals surface area contributed by atoms with E-state index in [2.05, 4.69) is 6.92 Å². The Labute approximate surface area is 156 Å².